The van der Waals surface area contributed by atoms with Gasteiger partial charge in [0, 0.05) is 12.0 Å². The summed E-state index contributed by atoms with van der Waals surface area (Å²) in [5.41, 5.74) is 2.07. The Balaban J connectivity index is 1.99. The lowest BCUT2D eigenvalue weighted by Crippen LogP contribution is -2.27. The van der Waals surface area contributed by atoms with Crippen LogP contribution in [0.4, 0.5) is 0 Å². The number of fused-ring (bicyclic) bond motifs is 5. The van der Waals surface area contributed by atoms with Gasteiger partial charge in [0.1, 0.15) is 0 Å². The molecule has 1 fully saturated rings. The average Bonchev–Trinajstić information content (AvgIpc) is 2.80. The molecule has 2 heteroatoms. The molecule has 1 N–H and O–H groups in total. The number of hydrogen-bond acceptors (Lipinski definition) is 2. The number of hydrogen-bond donors (Lipinski definition) is 1. The van der Waals surface area contributed by atoms with Crippen molar-refractivity contribution in [2.45, 2.75) is 31.3 Å². The predicted octanol–water partition coefficient (Wildman–Crippen LogP) is 3.28. The fourth-order valence-corrected chi connectivity index (χ4v) is 3.94. The van der Waals surface area contributed by atoms with Gasteiger partial charge in [0.15, 0.2) is 5.78 Å². The Kier molecular flexibility index (Phi) is 2.30. The summed E-state index contributed by atoms with van der Waals surface area (Å²) in [5.74, 6) is 0.711. The van der Waals surface area contributed by atoms with E-state index in [4.69, 9.17) is 0 Å². The van der Waals surface area contributed by atoms with Crippen molar-refractivity contribution in [2.75, 3.05) is 0 Å². The Hall–Kier alpha value is -1.67. The third-order valence-corrected chi connectivity index (χ3v) is 4.85. The Morgan fingerprint density at radius 3 is 2.79 bits per heavy atom. The monoisotopic (exact) mass is 252 g/mol. The van der Waals surface area contributed by atoms with E-state index in [2.05, 4.69) is 18.2 Å². The Morgan fingerprint density at radius 2 is 1.89 bits per heavy atom. The predicted molar refractivity (Wildman–Crippen MR) is 74.4 cm³/mol. The summed E-state index contributed by atoms with van der Waals surface area (Å²) >= 11 is 0. The molecule has 96 valence electrons. The summed E-state index contributed by atoms with van der Waals surface area (Å²) in [6.45, 7) is 0. The van der Waals surface area contributed by atoms with Crippen molar-refractivity contribution in [3.8, 4) is 0 Å². The van der Waals surface area contributed by atoms with Crippen molar-refractivity contribution in [3.63, 3.8) is 0 Å². The highest BCUT2D eigenvalue weighted by Crippen LogP contribution is 2.48. The second-order valence-electron chi connectivity index (χ2n) is 5.79. The van der Waals surface area contributed by atoms with Gasteiger partial charge in [0.2, 0.25) is 0 Å². The fraction of sp³-hybridized carbons (Fsp3) is 0.353. The van der Waals surface area contributed by atoms with Gasteiger partial charge in [-0.3, -0.25) is 4.79 Å². The maximum atomic E-state index is 12.5. The smallest absolute Gasteiger partial charge is 0.164 e. The number of ketones is 1. The van der Waals surface area contributed by atoms with Crippen LogP contribution in [0.3, 0.4) is 0 Å². The van der Waals surface area contributed by atoms with E-state index in [0.717, 1.165) is 34.7 Å². The normalized spacial score (nSPS) is 29.3. The first kappa shape index (κ1) is 11.2. The van der Waals surface area contributed by atoms with E-state index in [1.165, 1.54) is 0 Å². The molecule has 19 heavy (non-hydrogen) atoms. The minimum Gasteiger partial charge on any atom is -0.393 e. The third kappa shape index (κ3) is 1.50. The second kappa shape index (κ2) is 3.91. The molecule has 0 unspecified atom stereocenters. The highest BCUT2D eigenvalue weighted by atomic mass is 16.3. The Labute approximate surface area is 112 Å². The molecule has 0 amide bonds. The maximum Gasteiger partial charge on any atom is 0.164 e. The van der Waals surface area contributed by atoms with Crippen LogP contribution in [0.25, 0.3) is 10.8 Å². The van der Waals surface area contributed by atoms with E-state index in [-0.39, 0.29) is 17.8 Å². The number of Topliss-reactive ketones (excluding diaryl/α,β-unsaturated/α-hetero) is 1. The minimum atomic E-state index is -0.298. The summed E-state index contributed by atoms with van der Waals surface area (Å²) in [7, 11) is 0. The molecule has 0 aromatic heterocycles. The van der Waals surface area contributed by atoms with Crippen molar-refractivity contribution in [2.24, 2.45) is 5.92 Å². The zero-order valence-corrected chi connectivity index (χ0v) is 10.7. The van der Waals surface area contributed by atoms with Gasteiger partial charge in [0.25, 0.3) is 0 Å². The Bertz CT molecular complexity index is 674. The van der Waals surface area contributed by atoms with E-state index in [1.807, 2.05) is 18.2 Å². The van der Waals surface area contributed by atoms with Crippen LogP contribution in [0.2, 0.25) is 0 Å². The number of carbonyl (C=O) groups excluding carboxylic acids is 1. The zero-order chi connectivity index (χ0) is 13.0. The minimum absolute atomic E-state index is 0.140. The van der Waals surface area contributed by atoms with E-state index in [1.54, 1.807) is 0 Å². The molecular formula is C17H16O2. The first-order chi connectivity index (χ1) is 9.25. The zero-order valence-electron chi connectivity index (χ0n) is 10.7. The highest BCUT2D eigenvalue weighted by molar-refractivity contribution is 6.10. The molecule has 2 aromatic rings. The van der Waals surface area contributed by atoms with Crippen molar-refractivity contribution in [1.82, 2.24) is 0 Å². The molecule has 0 radical (unpaired) electrons. The van der Waals surface area contributed by atoms with Gasteiger partial charge in [0.05, 0.1) is 6.10 Å². The first-order valence-corrected chi connectivity index (χ1v) is 6.98. The van der Waals surface area contributed by atoms with Crippen LogP contribution < -0.4 is 0 Å². The fourth-order valence-electron chi connectivity index (χ4n) is 3.94. The summed E-state index contributed by atoms with van der Waals surface area (Å²) in [4.78, 5) is 12.5. The lowest BCUT2D eigenvalue weighted by Gasteiger charge is -2.29. The van der Waals surface area contributed by atoms with Gasteiger partial charge in [-0.25, -0.2) is 0 Å². The topological polar surface area (TPSA) is 37.3 Å². The maximum absolute atomic E-state index is 12.5. The molecule has 1 saturated carbocycles. The summed E-state index contributed by atoms with van der Waals surface area (Å²) < 4.78 is 0. The largest absolute Gasteiger partial charge is 0.393 e. The standard InChI is InChI=1S/C17H16O2/c18-15-8-7-12-13-6-5-10-3-1-2-4-11(10)17(13)16(19)9-14(12)15/h1-6,12,14-15,18H,7-9H2/t12-,14+,15+/m1/s1. The lowest BCUT2D eigenvalue weighted by atomic mass is 9.74. The SMILES string of the molecule is O=C1C[C@H]2[C@H](CC[C@@H]2O)c2ccc3ccccc3c21. The van der Waals surface area contributed by atoms with Crippen LogP contribution in [-0.4, -0.2) is 17.0 Å². The van der Waals surface area contributed by atoms with Crippen molar-refractivity contribution >= 4 is 16.6 Å². The molecule has 0 aliphatic heterocycles. The average molecular weight is 252 g/mol. The number of rotatable bonds is 0. The van der Waals surface area contributed by atoms with Crippen molar-refractivity contribution < 1.29 is 9.90 Å². The quantitative estimate of drug-likeness (QED) is 0.781. The molecule has 2 aromatic carbocycles. The number of carbonyl (C=O) groups is 1. The van der Waals surface area contributed by atoms with E-state index < -0.39 is 0 Å². The molecule has 0 bridgehead atoms. The van der Waals surface area contributed by atoms with Crippen molar-refractivity contribution in [1.29, 1.82) is 0 Å². The van der Waals surface area contributed by atoms with E-state index >= 15 is 0 Å². The van der Waals surface area contributed by atoms with Crippen molar-refractivity contribution in [3.05, 3.63) is 47.5 Å². The molecule has 0 heterocycles. The molecule has 0 saturated heterocycles. The Morgan fingerprint density at radius 1 is 1.05 bits per heavy atom. The number of aliphatic hydroxyl groups excluding tert-OH is 1. The van der Waals surface area contributed by atoms with Gasteiger partial charge in [-0.2, -0.15) is 0 Å². The van der Waals surface area contributed by atoms with Gasteiger partial charge in [-0.15, -0.1) is 0 Å². The van der Waals surface area contributed by atoms with E-state index in [9.17, 15) is 9.90 Å². The van der Waals surface area contributed by atoms with Crippen LogP contribution in [0.1, 0.15) is 41.1 Å². The summed E-state index contributed by atoms with van der Waals surface area (Å²) in [6, 6.07) is 12.3. The molecule has 2 aliphatic rings. The second-order valence-corrected chi connectivity index (χ2v) is 5.79. The highest BCUT2D eigenvalue weighted by Gasteiger charge is 2.42. The van der Waals surface area contributed by atoms with Gasteiger partial charge in [-0.1, -0.05) is 36.4 Å². The summed E-state index contributed by atoms with van der Waals surface area (Å²) in [6.07, 6.45) is 2.04. The van der Waals surface area contributed by atoms with Crippen LogP contribution >= 0.6 is 0 Å². The molecule has 4 rings (SSSR count). The lowest BCUT2D eigenvalue weighted by molar-refractivity contribution is 0.0824. The van der Waals surface area contributed by atoms with Crippen LogP contribution in [0.5, 0.6) is 0 Å². The van der Waals surface area contributed by atoms with Gasteiger partial charge >= 0.3 is 0 Å². The van der Waals surface area contributed by atoms with Crippen LogP contribution in [-0.2, 0) is 0 Å². The summed E-state index contributed by atoms with van der Waals surface area (Å²) in [5, 5.41) is 12.2. The van der Waals surface area contributed by atoms with Gasteiger partial charge in [-0.05, 0) is 41.0 Å². The number of aliphatic hydroxyl groups is 1. The molecule has 3 atom stereocenters. The molecule has 2 nitrogen and oxygen atoms in total. The van der Waals surface area contributed by atoms with E-state index in [0.29, 0.717) is 12.3 Å². The molecule has 2 aliphatic carbocycles. The third-order valence-electron chi connectivity index (χ3n) is 4.85. The molecular weight excluding hydrogens is 236 g/mol. The first-order valence-electron chi connectivity index (χ1n) is 6.98. The van der Waals surface area contributed by atoms with Crippen LogP contribution in [0.15, 0.2) is 36.4 Å². The van der Waals surface area contributed by atoms with Gasteiger partial charge < -0.3 is 5.11 Å². The molecule has 0 spiro atoms. The van der Waals surface area contributed by atoms with Crippen LogP contribution in [0, 0.1) is 5.92 Å². The number of benzene rings is 2.